The molecule has 0 saturated heterocycles. The van der Waals surface area contributed by atoms with Gasteiger partial charge >= 0.3 is 0 Å². The van der Waals surface area contributed by atoms with E-state index < -0.39 is 0 Å². The van der Waals surface area contributed by atoms with Crippen molar-refractivity contribution in [2.75, 3.05) is 11.9 Å². The van der Waals surface area contributed by atoms with Crippen molar-refractivity contribution in [3.63, 3.8) is 0 Å². The first-order chi connectivity index (χ1) is 14.7. The Hall–Kier alpha value is -3.71. The minimum Gasteiger partial charge on any atom is -0.494 e. The molecule has 1 N–H and O–H groups in total. The van der Waals surface area contributed by atoms with E-state index in [0.717, 1.165) is 26.9 Å². The topological polar surface area (TPSA) is 77.2 Å². The van der Waals surface area contributed by atoms with Crippen LogP contribution in [0.3, 0.4) is 0 Å². The summed E-state index contributed by atoms with van der Waals surface area (Å²) in [6.07, 6.45) is 1.59. The number of pyridine rings is 1. The lowest BCUT2D eigenvalue weighted by molar-refractivity contribution is 0.102. The Balaban J connectivity index is 1.52. The molecule has 0 aliphatic heterocycles. The lowest BCUT2D eigenvalue weighted by atomic mass is 10.1. The van der Waals surface area contributed by atoms with Crippen LogP contribution in [-0.2, 0) is 0 Å². The number of nitrogens with one attached hydrogen (secondary N) is 1. The van der Waals surface area contributed by atoms with Crippen LogP contribution in [0.15, 0.2) is 71.3 Å². The average Bonchev–Trinajstić information content (AvgIpc) is 3.42. The zero-order valence-electron chi connectivity index (χ0n) is 16.1. The first kappa shape index (κ1) is 18.3. The van der Waals surface area contributed by atoms with Gasteiger partial charge in [0, 0.05) is 5.39 Å². The molecule has 0 atom stereocenters. The molecule has 0 saturated carbocycles. The van der Waals surface area contributed by atoms with Gasteiger partial charge in [-0.3, -0.25) is 10.1 Å². The molecular formula is C23H17N3O3S. The number of fused-ring (bicyclic) bond motifs is 2. The van der Waals surface area contributed by atoms with Crippen molar-refractivity contribution in [2.24, 2.45) is 0 Å². The molecule has 30 heavy (non-hydrogen) atoms. The van der Waals surface area contributed by atoms with Crippen molar-refractivity contribution in [1.82, 2.24) is 9.97 Å². The van der Waals surface area contributed by atoms with Crippen molar-refractivity contribution >= 4 is 43.5 Å². The fourth-order valence-electron chi connectivity index (χ4n) is 3.29. The molecule has 7 heteroatoms. The van der Waals surface area contributed by atoms with Crippen molar-refractivity contribution in [2.45, 2.75) is 6.92 Å². The van der Waals surface area contributed by atoms with Gasteiger partial charge in [0.05, 0.1) is 34.2 Å². The first-order valence-electron chi connectivity index (χ1n) is 9.49. The normalized spacial score (nSPS) is 11.1. The summed E-state index contributed by atoms with van der Waals surface area (Å²) in [5.74, 6) is 1.15. The second-order valence-corrected chi connectivity index (χ2v) is 7.62. The predicted octanol–water partition coefficient (Wildman–Crippen LogP) is 5.76. The summed E-state index contributed by atoms with van der Waals surface area (Å²) in [6, 6.07) is 18.6. The number of amides is 1. The molecule has 0 aliphatic carbocycles. The van der Waals surface area contributed by atoms with Crippen molar-refractivity contribution in [3.05, 3.63) is 72.5 Å². The quantitative estimate of drug-likeness (QED) is 0.395. The zero-order valence-corrected chi connectivity index (χ0v) is 16.9. The van der Waals surface area contributed by atoms with Gasteiger partial charge < -0.3 is 9.15 Å². The molecule has 5 rings (SSSR count). The maximum Gasteiger partial charge on any atom is 0.258 e. The van der Waals surface area contributed by atoms with Crippen LogP contribution < -0.4 is 10.1 Å². The van der Waals surface area contributed by atoms with E-state index in [1.165, 1.54) is 11.3 Å². The van der Waals surface area contributed by atoms with Gasteiger partial charge in [-0.1, -0.05) is 29.5 Å². The number of para-hydroxylation sites is 1. The highest BCUT2D eigenvalue weighted by Crippen LogP contribution is 2.31. The smallest absolute Gasteiger partial charge is 0.258 e. The highest BCUT2D eigenvalue weighted by Gasteiger charge is 2.17. The van der Waals surface area contributed by atoms with Crippen molar-refractivity contribution in [1.29, 1.82) is 0 Å². The van der Waals surface area contributed by atoms with E-state index in [-0.39, 0.29) is 5.91 Å². The third-order valence-electron chi connectivity index (χ3n) is 4.63. The molecule has 0 spiro atoms. The van der Waals surface area contributed by atoms with E-state index in [0.29, 0.717) is 28.8 Å². The van der Waals surface area contributed by atoms with Crippen LogP contribution in [0.4, 0.5) is 5.13 Å². The Kier molecular flexibility index (Phi) is 4.65. The highest BCUT2D eigenvalue weighted by atomic mass is 32.1. The largest absolute Gasteiger partial charge is 0.494 e. The summed E-state index contributed by atoms with van der Waals surface area (Å²) in [6.45, 7) is 2.54. The van der Waals surface area contributed by atoms with Crippen LogP contribution in [0.5, 0.6) is 5.75 Å². The van der Waals surface area contributed by atoms with Crippen LogP contribution in [0.1, 0.15) is 17.3 Å². The third kappa shape index (κ3) is 3.40. The zero-order chi connectivity index (χ0) is 20.5. The SMILES string of the molecule is CCOc1ccc2nc(NC(=O)c3cc(-c4ccco4)nc4ccccc34)sc2c1. The lowest BCUT2D eigenvalue weighted by Gasteiger charge is -2.08. The number of rotatable bonds is 5. The van der Waals surface area contributed by atoms with Gasteiger partial charge in [0.2, 0.25) is 0 Å². The Morgan fingerprint density at radius 2 is 1.97 bits per heavy atom. The molecule has 0 bridgehead atoms. The number of carbonyl (C=O) groups is 1. The monoisotopic (exact) mass is 415 g/mol. The average molecular weight is 415 g/mol. The molecular weight excluding hydrogens is 398 g/mol. The number of benzene rings is 2. The van der Waals surface area contributed by atoms with Gasteiger partial charge in [-0.05, 0) is 49.4 Å². The molecule has 148 valence electrons. The Bertz CT molecular complexity index is 1360. The Morgan fingerprint density at radius 1 is 1.07 bits per heavy atom. The van der Waals surface area contributed by atoms with Crippen LogP contribution in [0, 0.1) is 0 Å². The fraction of sp³-hybridized carbons (Fsp3) is 0.0870. The fourth-order valence-corrected chi connectivity index (χ4v) is 4.18. The maximum atomic E-state index is 13.2. The molecule has 0 fully saturated rings. The molecule has 1 amide bonds. The van der Waals surface area contributed by atoms with Gasteiger partial charge in [0.15, 0.2) is 10.9 Å². The van der Waals surface area contributed by atoms with E-state index in [1.54, 1.807) is 18.4 Å². The summed E-state index contributed by atoms with van der Waals surface area (Å²) >= 11 is 1.41. The van der Waals surface area contributed by atoms with Gasteiger partial charge in [0.1, 0.15) is 11.4 Å². The minimum atomic E-state index is -0.245. The summed E-state index contributed by atoms with van der Waals surface area (Å²) in [5.41, 5.74) is 2.66. The van der Waals surface area contributed by atoms with E-state index in [2.05, 4.69) is 15.3 Å². The van der Waals surface area contributed by atoms with Gasteiger partial charge in [-0.2, -0.15) is 0 Å². The molecule has 6 nitrogen and oxygen atoms in total. The van der Waals surface area contributed by atoms with Gasteiger partial charge in [-0.25, -0.2) is 9.97 Å². The molecule has 0 aliphatic rings. The maximum absolute atomic E-state index is 13.2. The predicted molar refractivity (Wildman–Crippen MR) is 118 cm³/mol. The van der Waals surface area contributed by atoms with E-state index in [1.807, 2.05) is 55.5 Å². The standard InChI is InChI=1S/C23H17N3O3S/c1-2-28-14-9-10-18-21(12-14)30-23(25-18)26-22(27)16-13-19(20-8-5-11-29-20)24-17-7-4-3-6-15(16)17/h3-13H,2H2,1H3,(H,25,26,27). The van der Waals surface area contributed by atoms with Gasteiger partial charge in [0.25, 0.3) is 5.91 Å². The van der Waals surface area contributed by atoms with Crippen LogP contribution >= 0.6 is 11.3 Å². The molecule has 3 heterocycles. The highest BCUT2D eigenvalue weighted by molar-refractivity contribution is 7.22. The van der Waals surface area contributed by atoms with Gasteiger partial charge in [-0.15, -0.1) is 0 Å². The molecule has 0 radical (unpaired) electrons. The van der Waals surface area contributed by atoms with E-state index in [9.17, 15) is 4.79 Å². The van der Waals surface area contributed by atoms with Crippen LogP contribution in [0.2, 0.25) is 0 Å². The second kappa shape index (κ2) is 7.61. The van der Waals surface area contributed by atoms with E-state index in [4.69, 9.17) is 9.15 Å². The van der Waals surface area contributed by atoms with Crippen molar-refractivity contribution < 1.29 is 13.9 Å². The number of furan rings is 1. The second-order valence-electron chi connectivity index (χ2n) is 6.59. The lowest BCUT2D eigenvalue weighted by Crippen LogP contribution is -2.12. The Labute approximate surface area is 176 Å². The minimum absolute atomic E-state index is 0.245. The number of ether oxygens (including phenoxy) is 1. The Morgan fingerprint density at radius 3 is 2.80 bits per heavy atom. The van der Waals surface area contributed by atoms with Crippen molar-refractivity contribution in [3.8, 4) is 17.2 Å². The summed E-state index contributed by atoms with van der Waals surface area (Å²) < 4.78 is 12.0. The third-order valence-corrected chi connectivity index (χ3v) is 5.56. The summed E-state index contributed by atoms with van der Waals surface area (Å²) in [5, 5.41) is 4.23. The number of hydrogen-bond acceptors (Lipinski definition) is 6. The number of carbonyl (C=O) groups excluding carboxylic acids is 1. The number of hydrogen-bond donors (Lipinski definition) is 1. The molecule has 0 unspecified atom stereocenters. The molecule has 2 aromatic carbocycles. The number of thiazole rings is 1. The van der Waals surface area contributed by atoms with E-state index >= 15 is 0 Å². The van der Waals surface area contributed by atoms with Crippen LogP contribution in [0.25, 0.3) is 32.6 Å². The summed E-state index contributed by atoms with van der Waals surface area (Å²) in [7, 11) is 0. The molecule has 3 aromatic heterocycles. The number of aromatic nitrogens is 2. The van der Waals surface area contributed by atoms with Crippen LogP contribution in [-0.4, -0.2) is 22.5 Å². The molecule has 5 aromatic rings. The summed E-state index contributed by atoms with van der Waals surface area (Å²) in [4.78, 5) is 22.3. The number of nitrogens with zero attached hydrogens (tertiary/aromatic N) is 2. The number of anilines is 1. The first-order valence-corrected chi connectivity index (χ1v) is 10.3.